The number of amides is 1. The van der Waals surface area contributed by atoms with E-state index in [1.165, 1.54) is 19.2 Å². The van der Waals surface area contributed by atoms with E-state index < -0.39 is 4.92 Å². The van der Waals surface area contributed by atoms with Gasteiger partial charge in [0, 0.05) is 32.2 Å². The van der Waals surface area contributed by atoms with Gasteiger partial charge in [0.2, 0.25) is 0 Å². The van der Waals surface area contributed by atoms with Crippen molar-refractivity contribution in [3.05, 3.63) is 27.8 Å². The predicted molar refractivity (Wildman–Crippen MR) is 86.8 cm³/mol. The maximum absolute atomic E-state index is 12.6. The van der Waals surface area contributed by atoms with E-state index >= 15 is 0 Å². The van der Waals surface area contributed by atoms with E-state index in [0.717, 1.165) is 0 Å². The number of nitrogens with zero attached hydrogens (tertiary/aromatic N) is 2. The van der Waals surface area contributed by atoms with Crippen LogP contribution in [0.2, 0.25) is 0 Å². The summed E-state index contributed by atoms with van der Waals surface area (Å²) >= 11 is 0. The molecule has 0 aliphatic carbocycles. The quantitative estimate of drug-likeness (QED) is 0.641. The van der Waals surface area contributed by atoms with Crippen LogP contribution in [-0.4, -0.2) is 55.6 Å². The number of benzene rings is 1. The Bertz CT molecular complexity index is 576. The number of hydrogen-bond donors (Lipinski definition) is 1. The number of halogens is 1. The Morgan fingerprint density at radius 1 is 1.35 bits per heavy atom. The molecule has 0 saturated carbocycles. The molecule has 0 spiro atoms. The molecule has 1 aliphatic heterocycles. The second kappa shape index (κ2) is 8.54. The van der Waals surface area contributed by atoms with Gasteiger partial charge in [0.05, 0.1) is 24.7 Å². The van der Waals surface area contributed by atoms with Gasteiger partial charge in [0.1, 0.15) is 5.56 Å². The van der Waals surface area contributed by atoms with Crippen LogP contribution >= 0.6 is 12.4 Å². The fraction of sp³-hybridized carbons (Fsp3) is 0.500. The van der Waals surface area contributed by atoms with Crippen LogP contribution in [0.4, 0.5) is 5.69 Å². The smallest absolute Gasteiger partial charge is 0.286 e. The van der Waals surface area contributed by atoms with Crippen molar-refractivity contribution in [2.75, 3.05) is 39.9 Å². The summed E-state index contributed by atoms with van der Waals surface area (Å²) in [4.78, 5) is 24.9. The molecule has 0 radical (unpaired) electrons. The van der Waals surface area contributed by atoms with Crippen molar-refractivity contribution >= 4 is 24.0 Å². The molecule has 1 aliphatic rings. The minimum atomic E-state index is -0.572. The molecular formula is C14H20ClN3O5. The number of nitrogens with one attached hydrogen (secondary N) is 1. The SMILES string of the molecule is CCOc1cc([N+](=O)[O-])c(C(=O)N2CCNCC2)cc1OC.Cl. The van der Waals surface area contributed by atoms with E-state index in [1.807, 2.05) is 0 Å². The Hall–Kier alpha value is -2.06. The zero-order chi connectivity index (χ0) is 16.1. The van der Waals surface area contributed by atoms with Crippen molar-refractivity contribution in [2.24, 2.45) is 0 Å². The van der Waals surface area contributed by atoms with Crippen LogP contribution in [0.15, 0.2) is 12.1 Å². The molecule has 0 atom stereocenters. The summed E-state index contributed by atoms with van der Waals surface area (Å²) in [6.45, 7) is 4.50. The van der Waals surface area contributed by atoms with Crippen molar-refractivity contribution in [2.45, 2.75) is 6.92 Å². The monoisotopic (exact) mass is 345 g/mol. The van der Waals surface area contributed by atoms with Crippen LogP contribution in [-0.2, 0) is 0 Å². The highest BCUT2D eigenvalue weighted by Crippen LogP contribution is 2.35. The first kappa shape index (κ1) is 19.0. The van der Waals surface area contributed by atoms with Crippen molar-refractivity contribution < 1.29 is 19.2 Å². The Balaban J connectivity index is 0.00000264. The van der Waals surface area contributed by atoms with Crippen molar-refractivity contribution in [1.29, 1.82) is 0 Å². The second-order valence-corrected chi connectivity index (χ2v) is 4.75. The van der Waals surface area contributed by atoms with Crippen molar-refractivity contribution in [1.82, 2.24) is 10.2 Å². The molecule has 0 bridgehead atoms. The number of rotatable bonds is 5. The minimum absolute atomic E-state index is 0. The van der Waals surface area contributed by atoms with E-state index in [1.54, 1.807) is 11.8 Å². The van der Waals surface area contributed by atoms with Crippen LogP contribution in [0.25, 0.3) is 0 Å². The summed E-state index contributed by atoms with van der Waals surface area (Å²) in [7, 11) is 1.43. The molecule has 23 heavy (non-hydrogen) atoms. The molecule has 1 amide bonds. The minimum Gasteiger partial charge on any atom is -0.493 e. The van der Waals surface area contributed by atoms with Gasteiger partial charge in [-0.05, 0) is 6.92 Å². The normalized spacial score (nSPS) is 13.9. The van der Waals surface area contributed by atoms with Crippen molar-refractivity contribution in [3.8, 4) is 11.5 Å². The number of carbonyl (C=O) groups excluding carboxylic acids is 1. The molecule has 2 rings (SSSR count). The number of hydrogen-bond acceptors (Lipinski definition) is 6. The zero-order valence-corrected chi connectivity index (χ0v) is 13.9. The molecule has 0 aromatic heterocycles. The summed E-state index contributed by atoms with van der Waals surface area (Å²) < 4.78 is 10.5. The lowest BCUT2D eigenvalue weighted by Gasteiger charge is -2.27. The van der Waals surface area contributed by atoms with E-state index in [9.17, 15) is 14.9 Å². The van der Waals surface area contributed by atoms with E-state index in [0.29, 0.717) is 38.5 Å². The highest BCUT2D eigenvalue weighted by molar-refractivity contribution is 5.99. The van der Waals surface area contributed by atoms with E-state index in [-0.39, 0.29) is 35.3 Å². The van der Waals surface area contributed by atoms with E-state index in [2.05, 4.69) is 5.32 Å². The van der Waals surface area contributed by atoms with Gasteiger partial charge >= 0.3 is 0 Å². The fourth-order valence-corrected chi connectivity index (χ4v) is 2.34. The third-order valence-electron chi connectivity index (χ3n) is 3.41. The number of piperazine rings is 1. The lowest BCUT2D eigenvalue weighted by molar-refractivity contribution is -0.385. The molecule has 1 heterocycles. The molecule has 8 nitrogen and oxygen atoms in total. The zero-order valence-electron chi connectivity index (χ0n) is 13.0. The van der Waals surface area contributed by atoms with Crippen LogP contribution in [0.3, 0.4) is 0 Å². The second-order valence-electron chi connectivity index (χ2n) is 4.75. The van der Waals surface area contributed by atoms with Crippen LogP contribution in [0, 0.1) is 10.1 Å². The van der Waals surface area contributed by atoms with Crippen molar-refractivity contribution in [3.63, 3.8) is 0 Å². The summed E-state index contributed by atoms with van der Waals surface area (Å²) in [6.07, 6.45) is 0. The van der Waals surface area contributed by atoms with Crippen LogP contribution in [0.5, 0.6) is 11.5 Å². The highest BCUT2D eigenvalue weighted by atomic mass is 35.5. The molecule has 128 valence electrons. The Morgan fingerprint density at radius 2 is 2.00 bits per heavy atom. The first-order valence-corrected chi connectivity index (χ1v) is 7.07. The summed E-state index contributed by atoms with van der Waals surface area (Å²) in [5.41, 5.74) is -0.250. The number of methoxy groups -OCH3 is 1. The van der Waals surface area contributed by atoms with Gasteiger partial charge in [-0.3, -0.25) is 14.9 Å². The lowest BCUT2D eigenvalue weighted by Crippen LogP contribution is -2.46. The summed E-state index contributed by atoms with van der Waals surface area (Å²) in [6, 6.07) is 2.63. The van der Waals surface area contributed by atoms with Gasteiger partial charge in [-0.25, -0.2) is 0 Å². The third kappa shape index (κ3) is 4.23. The molecule has 0 unspecified atom stereocenters. The molecule has 9 heteroatoms. The van der Waals surface area contributed by atoms with Gasteiger partial charge in [-0.2, -0.15) is 0 Å². The first-order chi connectivity index (χ1) is 10.6. The lowest BCUT2D eigenvalue weighted by atomic mass is 10.1. The number of ether oxygens (including phenoxy) is 2. The number of nitro groups is 1. The van der Waals surface area contributed by atoms with Gasteiger partial charge in [-0.15, -0.1) is 12.4 Å². The van der Waals surface area contributed by atoms with Gasteiger partial charge in [0.25, 0.3) is 11.6 Å². The summed E-state index contributed by atoms with van der Waals surface area (Å²) in [5.74, 6) is 0.203. The van der Waals surface area contributed by atoms with Crippen LogP contribution < -0.4 is 14.8 Å². The Labute approximate surface area is 140 Å². The van der Waals surface area contributed by atoms with E-state index in [4.69, 9.17) is 9.47 Å². The average molecular weight is 346 g/mol. The molecule has 1 saturated heterocycles. The largest absolute Gasteiger partial charge is 0.493 e. The number of nitro benzene ring substituents is 1. The molecule has 1 aromatic carbocycles. The fourth-order valence-electron chi connectivity index (χ4n) is 2.34. The maximum atomic E-state index is 12.6. The predicted octanol–water partition coefficient (Wildman–Crippen LogP) is 1.47. The molecular weight excluding hydrogens is 326 g/mol. The molecule has 1 aromatic rings. The topological polar surface area (TPSA) is 93.9 Å². The van der Waals surface area contributed by atoms with Crippen LogP contribution in [0.1, 0.15) is 17.3 Å². The first-order valence-electron chi connectivity index (χ1n) is 7.07. The summed E-state index contributed by atoms with van der Waals surface area (Å²) in [5, 5.41) is 14.4. The molecule has 1 N–H and O–H groups in total. The Kier molecular flexibility index (Phi) is 7.05. The molecule has 1 fully saturated rings. The maximum Gasteiger partial charge on any atom is 0.286 e. The van der Waals surface area contributed by atoms with Gasteiger partial charge in [-0.1, -0.05) is 0 Å². The average Bonchev–Trinajstić information content (AvgIpc) is 2.54. The van der Waals surface area contributed by atoms with Gasteiger partial charge < -0.3 is 19.7 Å². The standard InChI is InChI=1S/C14H19N3O5.ClH/c1-3-22-13-9-11(17(19)20)10(8-12(13)21-2)14(18)16-6-4-15-5-7-16;/h8-9,15H,3-7H2,1-2H3;1H. The van der Waals surface area contributed by atoms with Gasteiger partial charge in [0.15, 0.2) is 11.5 Å². The highest BCUT2D eigenvalue weighted by Gasteiger charge is 2.28. The number of carbonyl (C=O) groups is 1. The third-order valence-corrected chi connectivity index (χ3v) is 3.41. The Morgan fingerprint density at radius 3 is 2.52 bits per heavy atom.